The maximum Gasteiger partial charge on any atom is 0.353 e. The van der Waals surface area contributed by atoms with Gasteiger partial charge in [-0.3, -0.25) is 0 Å². The summed E-state index contributed by atoms with van der Waals surface area (Å²) < 4.78 is 16.4. The minimum atomic E-state index is -0.367. The number of hydrogen-bond donors (Lipinski definition) is 0. The van der Waals surface area contributed by atoms with Crippen LogP contribution in [0.15, 0.2) is 88.5 Å². The van der Waals surface area contributed by atoms with E-state index in [0.717, 1.165) is 35.5 Å². The van der Waals surface area contributed by atoms with E-state index >= 15 is 0 Å². The maximum absolute atomic E-state index is 13.8. The number of thioether (sulfide) groups is 1. The minimum Gasteiger partial charge on any atom is -0.494 e. The fraction of sp³-hybridized carbons (Fsp3) is 0.412. The second kappa shape index (κ2) is 14.5. The Hall–Kier alpha value is -3.65. The summed E-state index contributed by atoms with van der Waals surface area (Å²) in [6.45, 7) is 5.78. The molecule has 0 bridgehead atoms. The van der Waals surface area contributed by atoms with Crippen molar-refractivity contribution < 1.29 is 9.47 Å². The first kappa shape index (κ1) is 29.8. The first-order chi connectivity index (χ1) is 20.6. The van der Waals surface area contributed by atoms with Crippen LogP contribution in [0.25, 0.3) is 5.69 Å². The van der Waals surface area contributed by atoms with Gasteiger partial charge in [0.05, 0.1) is 18.9 Å². The van der Waals surface area contributed by atoms with Crippen molar-refractivity contribution in [3.8, 4) is 17.2 Å². The lowest BCUT2D eigenvalue weighted by Crippen LogP contribution is -2.29. The Morgan fingerprint density at radius 2 is 1.05 bits per heavy atom. The van der Waals surface area contributed by atoms with Crippen LogP contribution in [-0.2, 0) is 0 Å². The monoisotopic (exact) mass is 587 g/mol. The molecule has 7 nitrogen and oxygen atoms in total. The van der Waals surface area contributed by atoms with Gasteiger partial charge in [-0.1, -0.05) is 107 Å². The Morgan fingerprint density at radius 3 is 1.48 bits per heavy atom. The van der Waals surface area contributed by atoms with Crippen molar-refractivity contribution in [2.45, 2.75) is 76.0 Å². The van der Waals surface area contributed by atoms with Crippen molar-refractivity contribution >= 4 is 11.8 Å². The van der Waals surface area contributed by atoms with Crippen molar-refractivity contribution in [1.29, 1.82) is 0 Å². The topological polar surface area (TPSA) is 67.4 Å². The van der Waals surface area contributed by atoms with E-state index in [9.17, 15) is 9.59 Å². The van der Waals surface area contributed by atoms with E-state index in [4.69, 9.17) is 9.47 Å². The zero-order valence-electron chi connectivity index (χ0n) is 24.6. The molecule has 2 heterocycles. The van der Waals surface area contributed by atoms with Gasteiger partial charge in [0.2, 0.25) is 0 Å². The second-order valence-corrected chi connectivity index (χ2v) is 11.9. The Bertz CT molecular complexity index is 1430. The molecule has 0 amide bonds. The summed E-state index contributed by atoms with van der Waals surface area (Å²) in [5.41, 5.74) is 1.73. The first-order valence-electron chi connectivity index (χ1n) is 15.2. The second-order valence-electron chi connectivity index (χ2n) is 10.7. The van der Waals surface area contributed by atoms with E-state index in [-0.39, 0.29) is 22.1 Å². The summed E-state index contributed by atoms with van der Waals surface area (Å²) in [5.74, 6) is 1.62. The van der Waals surface area contributed by atoms with Crippen molar-refractivity contribution in [2.75, 3.05) is 13.2 Å². The number of rotatable bonds is 15. The van der Waals surface area contributed by atoms with Gasteiger partial charge in [0.25, 0.3) is 0 Å². The molecule has 0 fully saturated rings. The Morgan fingerprint density at radius 1 is 0.595 bits per heavy atom. The molecule has 1 aliphatic rings. The van der Waals surface area contributed by atoms with Crippen LogP contribution < -0.4 is 20.9 Å². The van der Waals surface area contributed by atoms with Crippen LogP contribution in [-0.4, -0.2) is 27.1 Å². The maximum atomic E-state index is 13.8. The number of aromatic nitrogens is 3. The summed E-state index contributed by atoms with van der Waals surface area (Å²) in [5, 5.41) is -0.735. The molecule has 8 heteroatoms. The molecule has 1 aliphatic heterocycles. The van der Waals surface area contributed by atoms with Crippen LogP contribution in [0.1, 0.15) is 87.1 Å². The van der Waals surface area contributed by atoms with Gasteiger partial charge in [-0.05, 0) is 60.4 Å². The van der Waals surface area contributed by atoms with Crippen molar-refractivity contribution in [3.63, 3.8) is 0 Å². The minimum absolute atomic E-state index is 0.352. The molecule has 1 aromatic heterocycles. The van der Waals surface area contributed by atoms with E-state index in [1.807, 2.05) is 66.7 Å². The number of nitrogens with zero attached hydrogens (tertiary/aromatic N) is 3. The van der Waals surface area contributed by atoms with Crippen molar-refractivity contribution in [1.82, 2.24) is 13.9 Å². The number of para-hydroxylation sites is 1. The summed E-state index contributed by atoms with van der Waals surface area (Å²) in [6.07, 6.45) is 9.23. The molecule has 222 valence electrons. The third kappa shape index (κ3) is 6.70. The molecule has 3 aromatic carbocycles. The van der Waals surface area contributed by atoms with Gasteiger partial charge in [-0.25, -0.2) is 23.5 Å². The molecule has 0 saturated carbocycles. The van der Waals surface area contributed by atoms with E-state index in [1.54, 1.807) is 33.3 Å². The molecule has 2 atom stereocenters. The fourth-order valence-corrected chi connectivity index (χ4v) is 6.75. The van der Waals surface area contributed by atoms with Crippen LogP contribution in [0.3, 0.4) is 0 Å². The smallest absolute Gasteiger partial charge is 0.353 e. The average molecular weight is 588 g/mol. The van der Waals surface area contributed by atoms with Crippen LogP contribution in [0.4, 0.5) is 0 Å². The predicted octanol–water partition coefficient (Wildman–Crippen LogP) is 7.56. The highest BCUT2D eigenvalue weighted by molar-refractivity contribution is 7.99. The molecular formula is C34H41N3O4S. The van der Waals surface area contributed by atoms with Gasteiger partial charge in [-0.15, -0.1) is 0 Å². The van der Waals surface area contributed by atoms with Crippen molar-refractivity contribution in [3.05, 3.63) is 111 Å². The Balaban J connectivity index is 1.42. The zero-order chi connectivity index (χ0) is 29.3. The number of hydrogen-bond acceptors (Lipinski definition) is 5. The van der Waals surface area contributed by atoms with Gasteiger partial charge >= 0.3 is 11.4 Å². The van der Waals surface area contributed by atoms with Crippen LogP contribution in [0.5, 0.6) is 11.5 Å². The summed E-state index contributed by atoms with van der Waals surface area (Å²) in [4.78, 5) is 27.7. The van der Waals surface area contributed by atoms with Crippen LogP contribution >= 0.6 is 11.8 Å². The molecular weight excluding hydrogens is 546 g/mol. The molecule has 0 N–H and O–H groups in total. The number of unbranched alkanes of at least 4 members (excludes halogenated alkanes) is 6. The number of fused-ring (bicyclic) bond motifs is 1. The van der Waals surface area contributed by atoms with Crippen LogP contribution in [0.2, 0.25) is 0 Å². The number of benzene rings is 3. The van der Waals surface area contributed by atoms with Gasteiger partial charge in [0, 0.05) is 0 Å². The van der Waals surface area contributed by atoms with Crippen molar-refractivity contribution in [2.24, 2.45) is 0 Å². The van der Waals surface area contributed by atoms with E-state index in [1.165, 1.54) is 43.1 Å². The summed E-state index contributed by atoms with van der Waals surface area (Å²) in [7, 11) is 0. The van der Waals surface area contributed by atoms with Gasteiger partial charge in [0.1, 0.15) is 22.2 Å². The molecule has 2 unspecified atom stereocenters. The van der Waals surface area contributed by atoms with Crippen LogP contribution in [0, 0.1) is 0 Å². The SMILES string of the molecule is CCCCCCOc1ccc(C2SC(c3ccc(OCCCCCC)cc3)n3c(=O)n(-c4ccccc4)c(=O)n32)cc1. The Kier molecular flexibility index (Phi) is 10.3. The standard InChI is InChI=1S/C34H41N3O4S/c1-3-5-7-12-24-40-29-20-16-26(17-21-29)31-36-33(38)35(28-14-10-9-11-15-28)34(39)37(36)32(42-31)27-18-22-30(23-19-27)41-25-13-8-6-4-2/h9-11,14-23,31-32H,3-8,12-13,24-25H2,1-2H3. The normalized spacial score (nSPS) is 16.0. The lowest BCUT2D eigenvalue weighted by atomic mass is 10.2. The molecule has 0 radical (unpaired) electrons. The van der Waals surface area contributed by atoms with Gasteiger partial charge < -0.3 is 9.47 Å². The zero-order valence-corrected chi connectivity index (χ0v) is 25.4. The third-order valence-electron chi connectivity index (χ3n) is 7.59. The molecule has 0 saturated heterocycles. The third-order valence-corrected chi connectivity index (χ3v) is 9.05. The number of ether oxygens (including phenoxy) is 2. The first-order valence-corrected chi connectivity index (χ1v) is 16.2. The molecule has 0 aliphatic carbocycles. The molecule has 0 spiro atoms. The van der Waals surface area contributed by atoms with Gasteiger partial charge in [0.15, 0.2) is 0 Å². The van der Waals surface area contributed by atoms with E-state index < -0.39 is 0 Å². The molecule has 42 heavy (non-hydrogen) atoms. The highest BCUT2D eigenvalue weighted by atomic mass is 32.2. The largest absolute Gasteiger partial charge is 0.494 e. The lowest BCUT2D eigenvalue weighted by Gasteiger charge is -2.14. The predicted molar refractivity (Wildman–Crippen MR) is 170 cm³/mol. The highest BCUT2D eigenvalue weighted by Gasteiger charge is 2.38. The molecule has 5 rings (SSSR count). The quantitative estimate of drug-likeness (QED) is 0.134. The Labute approximate surface area is 252 Å². The summed E-state index contributed by atoms with van der Waals surface area (Å²) >= 11 is 1.58. The highest BCUT2D eigenvalue weighted by Crippen LogP contribution is 2.47. The van der Waals surface area contributed by atoms with E-state index in [0.29, 0.717) is 18.9 Å². The lowest BCUT2D eigenvalue weighted by molar-refractivity contribution is 0.305. The fourth-order valence-electron chi connectivity index (χ4n) is 5.27. The molecule has 4 aromatic rings. The summed E-state index contributed by atoms with van der Waals surface area (Å²) in [6, 6.07) is 24.9. The average Bonchev–Trinajstić information content (AvgIpc) is 3.54. The van der Waals surface area contributed by atoms with E-state index in [2.05, 4.69) is 13.8 Å². The van der Waals surface area contributed by atoms with Gasteiger partial charge in [-0.2, -0.15) is 0 Å².